The Balaban J connectivity index is 1.99. The van der Waals surface area contributed by atoms with Crippen LogP contribution < -0.4 is 10.1 Å². The molecule has 0 aromatic heterocycles. The Bertz CT molecular complexity index is 717. The third-order valence-corrected chi connectivity index (χ3v) is 3.45. The average Bonchev–Trinajstić information content (AvgIpc) is 2.53. The number of benzene rings is 2. The Kier molecular flexibility index (Phi) is 5.58. The minimum absolute atomic E-state index is 0.264. The maximum absolute atomic E-state index is 12.2. The first-order valence-corrected chi connectivity index (χ1v) is 7.63. The highest BCUT2D eigenvalue weighted by atomic mass is 16.5. The van der Waals surface area contributed by atoms with Crippen molar-refractivity contribution >= 4 is 17.6 Å². The molecule has 2 aromatic rings. The minimum Gasteiger partial charge on any atom is -0.481 e. The molecule has 126 valence electrons. The van der Waals surface area contributed by atoms with E-state index in [-0.39, 0.29) is 5.91 Å². The molecule has 0 aliphatic heterocycles. The second-order valence-corrected chi connectivity index (χ2v) is 5.64. The Morgan fingerprint density at radius 2 is 1.58 bits per heavy atom. The van der Waals surface area contributed by atoms with Gasteiger partial charge >= 0.3 is 5.97 Å². The standard InChI is InChI=1S/C19H21NO4/c1-12-9-13(2)11-17(10-12)24-14(3)18(21)20-16-7-5-15(6-8-16)19(22)23-4/h5-11,14H,1-4H3,(H,20,21)/t14-/m0/s1. The highest BCUT2D eigenvalue weighted by Gasteiger charge is 2.15. The van der Waals surface area contributed by atoms with Crippen molar-refractivity contribution in [2.24, 2.45) is 0 Å². The van der Waals surface area contributed by atoms with Crippen LogP contribution in [0.4, 0.5) is 5.69 Å². The lowest BCUT2D eigenvalue weighted by Crippen LogP contribution is -2.30. The van der Waals surface area contributed by atoms with Gasteiger partial charge in [-0.25, -0.2) is 4.79 Å². The number of amides is 1. The van der Waals surface area contributed by atoms with Gasteiger partial charge < -0.3 is 14.8 Å². The monoisotopic (exact) mass is 327 g/mol. The molecule has 0 bridgehead atoms. The molecule has 5 heteroatoms. The summed E-state index contributed by atoms with van der Waals surface area (Å²) in [6.45, 7) is 5.65. The molecule has 2 rings (SSSR count). The van der Waals surface area contributed by atoms with Crippen molar-refractivity contribution in [2.45, 2.75) is 26.9 Å². The molecule has 0 radical (unpaired) electrons. The summed E-state index contributed by atoms with van der Waals surface area (Å²) in [6.07, 6.45) is -0.647. The zero-order chi connectivity index (χ0) is 17.7. The summed E-state index contributed by atoms with van der Waals surface area (Å²) in [5, 5.41) is 2.76. The van der Waals surface area contributed by atoms with Crippen molar-refractivity contribution < 1.29 is 19.1 Å². The van der Waals surface area contributed by atoms with E-state index < -0.39 is 12.1 Å². The van der Waals surface area contributed by atoms with Crippen LogP contribution in [-0.2, 0) is 9.53 Å². The van der Waals surface area contributed by atoms with Gasteiger partial charge in [0.2, 0.25) is 0 Å². The highest BCUT2D eigenvalue weighted by Crippen LogP contribution is 2.18. The van der Waals surface area contributed by atoms with Crippen LogP contribution in [0.5, 0.6) is 5.75 Å². The van der Waals surface area contributed by atoms with Gasteiger partial charge in [-0.1, -0.05) is 6.07 Å². The number of rotatable bonds is 5. The fourth-order valence-electron chi connectivity index (χ4n) is 2.31. The number of hydrogen-bond donors (Lipinski definition) is 1. The van der Waals surface area contributed by atoms with Gasteiger partial charge in [-0.05, 0) is 68.3 Å². The molecule has 1 N–H and O–H groups in total. The molecule has 0 aliphatic rings. The molecular formula is C19H21NO4. The number of carbonyl (C=O) groups excluding carboxylic acids is 2. The molecule has 0 aliphatic carbocycles. The van der Waals surface area contributed by atoms with Gasteiger partial charge in [0.05, 0.1) is 12.7 Å². The molecule has 0 unspecified atom stereocenters. The van der Waals surface area contributed by atoms with Crippen LogP contribution in [0.15, 0.2) is 42.5 Å². The van der Waals surface area contributed by atoms with Crippen molar-refractivity contribution in [3.05, 3.63) is 59.2 Å². The molecular weight excluding hydrogens is 306 g/mol. The summed E-state index contributed by atoms with van der Waals surface area (Å²) in [6, 6.07) is 12.3. The normalized spacial score (nSPS) is 11.5. The van der Waals surface area contributed by atoms with Crippen molar-refractivity contribution in [1.29, 1.82) is 0 Å². The van der Waals surface area contributed by atoms with E-state index in [1.165, 1.54) is 7.11 Å². The van der Waals surface area contributed by atoms with Crippen LogP contribution in [0.25, 0.3) is 0 Å². The van der Waals surface area contributed by atoms with Crippen LogP contribution in [-0.4, -0.2) is 25.1 Å². The Morgan fingerprint density at radius 1 is 1.00 bits per heavy atom. The van der Waals surface area contributed by atoms with Gasteiger partial charge in [0.1, 0.15) is 5.75 Å². The molecule has 0 saturated carbocycles. The fourth-order valence-corrected chi connectivity index (χ4v) is 2.31. The highest BCUT2D eigenvalue weighted by molar-refractivity contribution is 5.95. The quantitative estimate of drug-likeness (QED) is 0.854. The van der Waals surface area contributed by atoms with Gasteiger partial charge in [-0.3, -0.25) is 4.79 Å². The van der Waals surface area contributed by atoms with Gasteiger partial charge in [0, 0.05) is 5.69 Å². The summed E-state index contributed by atoms with van der Waals surface area (Å²) in [5.74, 6) is -0.0180. The Hall–Kier alpha value is -2.82. The van der Waals surface area contributed by atoms with E-state index in [0.717, 1.165) is 11.1 Å². The van der Waals surface area contributed by atoms with Crippen LogP contribution >= 0.6 is 0 Å². The summed E-state index contributed by atoms with van der Waals surface area (Å²) in [4.78, 5) is 23.6. The molecule has 1 atom stereocenters. The summed E-state index contributed by atoms with van der Waals surface area (Å²) in [5.41, 5.74) is 3.17. The Morgan fingerprint density at radius 3 is 2.12 bits per heavy atom. The van der Waals surface area contributed by atoms with Gasteiger partial charge in [0.25, 0.3) is 5.91 Å². The SMILES string of the molecule is COC(=O)c1ccc(NC(=O)[C@H](C)Oc2cc(C)cc(C)c2)cc1. The second kappa shape index (κ2) is 7.64. The lowest BCUT2D eigenvalue weighted by molar-refractivity contribution is -0.122. The fraction of sp³-hybridized carbons (Fsp3) is 0.263. The number of methoxy groups -OCH3 is 1. The summed E-state index contributed by atoms with van der Waals surface area (Å²) >= 11 is 0. The number of carbonyl (C=O) groups is 2. The zero-order valence-corrected chi connectivity index (χ0v) is 14.3. The van der Waals surface area contributed by atoms with Crippen molar-refractivity contribution in [3.8, 4) is 5.75 Å². The number of ether oxygens (including phenoxy) is 2. The number of hydrogen-bond acceptors (Lipinski definition) is 4. The van der Waals surface area contributed by atoms with Crippen molar-refractivity contribution in [2.75, 3.05) is 12.4 Å². The first-order chi connectivity index (χ1) is 11.4. The largest absolute Gasteiger partial charge is 0.481 e. The van der Waals surface area contributed by atoms with Crippen molar-refractivity contribution in [3.63, 3.8) is 0 Å². The third-order valence-electron chi connectivity index (χ3n) is 3.45. The van der Waals surface area contributed by atoms with Crippen LogP contribution in [0.3, 0.4) is 0 Å². The zero-order valence-electron chi connectivity index (χ0n) is 14.3. The molecule has 5 nitrogen and oxygen atoms in total. The predicted molar refractivity (Wildman–Crippen MR) is 92.4 cm³/mol. The topological polar surface area (TPSA) is 64.6 Å². The van der Waals surface area contributed by atoms with Crippen LogP contribution in [0.1, 0.15) is 28.4 Å². The van der Waals surface area contributed by atoms with Gasteiger partial charge in [-0.15, -0.1) is 0 Å². The molecule has 0 saturated heterocycles. The van der Waals surface area contributed by atoms with Crippen LogP contribution in [0, 0.1) is 13.8 Å². The predicted octanol–water partition coefficient (Wildman–Crippen LogP) is 3.50. The lowest BCUT2D eigenvalue weighted by Gasteiger charge is -2.15. The molecule has 0 fully saturated rings. The lowest BCUT2D eigenvalue weighted by atomic mass is 10.1. The summed E-state index contributed by atoms with van der Waals surface area (Å²) < 4.78 is 10.3. The number of aryl methyl sites for hydroxylation is 2. The second-order valence-electron chi connectivity index (χ2n) is 5.64. The molecule has 0 spiro atoms. The van der Waals surface area contributed by atoms with Gasteiger partial charge in [0.15, 0.2) is 6.10 Å². The molecule has 0 heterocycles. The number of anilines is 1. The third kappa shape index (κ3) is 4.59. The van der Waals surface area contributed by atoms with E-state index in [4.69, 9.17) is 4.74 Å². The molecule has 2 aromatic carbocycles. The van der Waals surface area contributed by atoms with E-state index in [1.807, 2.05) is 32.0 Å². The summed E-state index contributed by atoms with van der Waals surface area (Å²) in [7, 11) is 1.32. The van der Waals surface area contributed by atoms with E-state index in [9.17, 15) is 9.59 Å². The van der Waals surface area contributed by atoms with E-state index >= 15 is 0 Å². The first kappa shape index (κ1) is 17.5. The van der Waals surface area contributed by atoms with Crippen molar-refractivity contribution in [1.82, 2.24) is 0 Å². The maximum atomic E-state index is 12.2. The smallest absolute Gasteiger partial charge is 0.337 e. The maximum Gasteiger partial charge on any atom is 0.337 e. The molecule has 24 heavy (non-hydrogen) atoms. The first-order valence-electron chi connectivity index (χ1n) is 7.63. The number of nitrogens with one attached hydrogen (secondary N) is 1. The van der Waals surface area contributed by atoms with Crippen LogP contribution in [0.2, 0.25) is 0 Å². The molecule has 1 amide bonds. The minimum atomic E-state index is -0.647. The van der Waals surface area contributed by atoms with Gasteiger partial charge in [-0.2, -0.15) is 0 Å². The Labute approximate surface area is 141 Å². The van der Waals surface area contributed by atoms with E-state index in [0.29, 0.717) is 17.0 Å². The average molecular weight is 327 g/mol. The van der Waals surface area contributed by atoms with E-state index in [2.05, 4.69) is 10.1 Å². The number of esters is 1. The van der Waals surface area contributed by atoms with E-state index in [1.54, 1.807) is 31.2 Å².